The van der Waals surface area contributed by atoms with Crippen molar-refractivity contribution in [1.29, 1.82) is 0 Å². The van der Waals surface area contributed by atoms with E-state index in [0.717, 1.165) is 37.1 Å². The summed E-state index contributed by atoms with van der Waals surface area (Å²) in [6.45, 7) is 4.73. The second-order valence-electron chi connectivity index (χ2n) is 3.83. The molecule has 0 unspecified atom stereocenters. The Hall–Kier alpha value is -0.870. The van der Waals surface area contributed by atoms with E-state index in [2.05, 4.69) is 15.8 Å². The van der Waals surface area contributed by atoms with Crippen molar-refractivity contribution in [3.8, 4) is 0 Å². The topological polar surface area (TPSA) is 50.1 Å². The van der Waals surface area contributed by atoms with Crippen LogP contribution in [0.25, 0.3) is 0 Å². The number of aromatic nitrogens is 1. The van der Waals surface area contributed by atoms with Crippen molar-refractivity contribution in [2.45, 2.75) is 32.4 Å². The Morgan fingerprint density at radius 3 is 3.00 bits per heavy atom. The molecule has 14 heavy (non-hydrogen) atoms. The maximum Gasteiger partial charge on any atom is 0.133 e. The van der Waals surface area contributed by atoms with Crippen molar-refractivity contribution in [3.63, 3.8) is 0 Å². The summed E-state index contributed by atoms with van der Waals surface area (Å²) >= 11 is 0. The summed E-state index contributed by atoms with van der Waals surface area (Å²) in [5.41, 5.74) is 0.980. The summed E-state index contributed by atoms with van der Waals surface area (Å²) in [5, 5.41) is 10.7. The van der Waals surface area contributed by atoms with Crippen LogP contribution in [0.5, 0.6) is 0 Å². The first kappa shape index (κ1) is 9.68. The zero-order valence-electron chi connectivity index (χ0n) is 8.55. The number of nitrogens with zero attached hydrogens (tertiary/aromatic N) is 1. The SMILES string of the molecule is Cc1cc(CNCCNC2CC2)no1. The first-order chi connectivity index (χ1) is 6.84. The van der Waals surface area contributed by atoms with Crippen LogP contribution in [0, 0.1) is 6.92 Å². The second kappa shape index (κ2) is 4.57. The number of hydrogen-bond acceptors (Lipinski definition) is 4. The highest BCUT2D eigenvalue weighted by atomic mass is 16.5. The average Bonchev–Trinajstić information content (AvgIpc) is 2.89. The molecule has 0 amide bonds. The Balaban J connectivity index is 1.53. The molecule has 1 fully saturated rings. The predicted octanol–water partition coefficient (Wildman–Crippen LogP) is 0.825. The van der Waals surface area contributed by atoms with Crippen LogP contribution in [-0.4, -0.2) is 24.3 Å². The third kappa shape index (κ3) is 3.12. The Kier molecular flexibility index (Phi) is 3.16. The molecule has 2 N–H and O–H groups in total. The summed E-state index contributed by atoms with van der Waals surface area (Å²) < 4.78 is 4.96. The molecule has 0 saturated heterocycles. The van der Waals surface area contributed by atoms with Gasteiger partial charge in [-0.15, -0.1) is 0 Å². The fourth-order valence-corrected chi connectivity index (χ4v) is 1.37. The monoisotopic (exact) mass is 195 g/mol. The van der Waals surface area contributed by atoms with E-state index >= 15 is 0 Å². The molecule has 4 nitrogen and oxygen atoms in total. The molecule has 0 radical (unpaired) electrons. The van der Waals surface area contributed by atoms with Gasteiger partial charge in [-0.2, -0.15) is 0 Å². The number of aryl methyl sites for hydroxylation is 1. The van der Waals surface area contributed by atoms with E-state index in [1.807, 2.05) is 13.0 Å². The van der Waals surface area contributed by atoms with Crippen LogP contribution < -0.4 is 10.6 Å². The molecule has 1 aromatic rings. The highest BCUT2D eigenvalue weighted by molar-refractivity contribution is 5.02. The molecule has 1 aliphatic carbocycles. The molecule has 78 valence electrons. The number of rotatable bonds is 6. The van der Waals surface area contributed by atoms with E-state index in [0.29, 0.717) is 0 Å². The van der Waals surface area contributed by atoms with Gasteiger partial charge in [0.25, 0.3) is 0 Å². The van der Waals surface area contributed by atoms with Gasteiger partial charge in [-0.05, 0) is 19.8 Å². The van der Waals surface area contributed by atoms with Gasteiger partial charge in [0.05, 0.1) is 5.69 Å². The smallest absolute Gasteiger partial charge is 0.133 e. The normalized spacial score (nSPS) is 16.1. The summed E-state index contributed by atoms with van der Waals surface area (Å²) in [4.78, 5) is 0. The minimum Gasteiger partial charge on any atom is -0.361 e. The molecule has 0 bridgehead atoms. The standard InChI is InChI=1S/C10H17N3O/c1-8-6-10(13-14-8)7-11-4-5-12-9-2-3-9/h6,9,11-12H,2-5,7H2,1H3. The van der Waals surface area contributed by atoms with Crippen LogP contribution >= 0.6 is 0 Å². The first-order valence-corrected chi connectivity index (χ1v) is 5.21. The molecule has 0 atom stereocenters. The molecule has 0 spiro atoms. The van der Waals surface area contributed by atoms with E-state index in [-0.39, 0.29) is 0 Å². The van der Waals surface area contributed by atoms with Gasteiger partial charge >= 0.3 is 0 Å². The molecule has 0 aliphatic heterocycles. The van der Waals surface area contributed by atoms with Crippen LogP contribution in [0.2, 0.25) is 0 Å². The van der Waals surface area contributed by atoms with Crippen molar-refractivity contribution < 1.29 is 4.52 Å². The summed E-state index contributed by atoms with van der Waals surface area (Å²) in [7, 11) is 0. The van der Waals surface area contributed by atoms with Gasteiger partial charge in [-0.1, -0.05) is 5.16 Å². The maximum atomic E-state index is 4.96. The second-order valence-corrected chi connectivity index (χ2v) is 3.83. The Bertz CT molecular complexity index is 281. The fourth-order valence-electron chi connectivity index (χ4n) is 1.37. The lowest BCUT2D eigenvalue weighted by atomic mass is 10.4. The van der Waals surface area contributed by atoms with Crippen molar-refractivity contribution in [1.82, 2.24) is 15.8 Å². The molecule has 1 aliphatic rings. The Labute approximate surface area is 84.0 Å². The van der Waals surface area contributed by atoms with Crippen molar-refractivity contribution in [2.75, 3.05) is 13.1 Å². The van der Waals surface area contributed by atoms with Crippen LogP contribution in [0.15, 0.2) is 10.6 Å². The lowest BCUT2D eigenvalue weighted by Gasteiger charge is -2.02. The van der Waals surface area contributed by atoms with Crippen molar-refractivity contribution in [3.05, 3.63) is 17.5 Å². The first-order valence-electron chi connectivity index (χ1n) is 5.21. The number of hydrogen-bond donors (Lipinski definition) is 2. The lowest BCUT2D eigenvalue weighted by molar-refractivity contribution is 0.388. The molecular formula is C10H17N3O. The Morgan fingerprint density at radius 2 is 2.36 bits per heavy atom. The van der Waals surface area contributed by atoms with E-state index in [1.165, 1.54) is 12.8 Å². The van der Waals surface area contributed by atoms with Crippen LogP contribution in [-0.2, 0) is 6.54 Å². The minimum atomic E-state index is 0.795. The van der Waals surface area contributed by atoms with Gasteiger partial charge in [0.1, 0.15) is 5.76 Å². The van der Waals surface area contributed by atoms with Crippen molar-refractivity contribution >= 4 is 0 Å². The molecule has 1 saturated carbocycles. The van der Waals surface area contributed by atoms with E-state index < -0.39 is 0 Å². The van der Waals surface area contributed by atoms with Gasteiger partial charge in [0.15, 0.2) is 0 Å². The average molecular weight is 195 g/mol. The third-order valence-electron chi connectivity index (χ3n) is 2.30. The van der Waals surface area contributed by atoms with Crippen LogP contribution in [0.4, 0.5) is 0 Å². The van der Waals surface area contributed by atoms with Gasteiger partial charge in [0, 0.05) is 31.7 Å². The fraction of sp³-hybridized carbons (Fsp3) is 0.700. The predicted molar refractivity (Wildman–Crippen MR) is 54.0 cm³/mol. The minimum absolute atomic E-state index is 0.795. The third-order valence-corrected chi connectivity index (χ3v) is 2.30. The number of nitrogens with one attached hydrogen (secondary N) is 2. The zero-order valence-corrected chi connectivity index (χ0v) is 8.55. The van der Waals surface area contributed by atoms with E-state index in [9.17, 15) is 0 Å². The van der Waals surface area contributed by atoms with Crippen LogP contribution in [0.3, 0.4) is 0 Å². The van der Waals surface area contributed by atoms with E-state index in [1.54, 1.807) is 0 Å². The molecule has 2 rings (SSSR count). The van der Waals surface area contributed by atoms with Gasteiger partial charge < -0.3 is 15.2 Å². The van der Waals surface area contributed by atoms with Crippen molar-refractivity contribution in [2.24, 2.45) is 0 Å². The van der Waals surface area contributed by atoms with Gasteiger partial charge in [-0.3, -0.25) is 0 Å². The summed E-state index contributed by atoms with van der Waals surface area (Å²) in [5.74, 6) is 0.873. The quantitative estimate of drug-likeness (QED) is 0.660. The van der Waals surface area contributed by atoms with E-state index in [4.69, 9.17) is 4.52 Å². The van der Waals surface area contributed by atoms with Gasteiger partial charge in [-0.25, -0.2) is 0 Å². The molecular weight excluding hydrogens is 178 g/mol. The summed E-state index contributed by atoms with van der Waals surface area (Å²) in [6, 6.07) is 2.76. The summed E-state index contributed by atoms with van der Waals surface area (Å²) in [6.07, 6.45) is 2.70. The van der Waals surface area contributed by atoms with Gasteiger partial charge in [0.2, 0.25) is 0 Å². The van der Waals surface area contributed by atoms with Crippen LogP contribution in [0.1, 0.15) is 24.3 Å². The maximum absolute atomic E-state index is 4.96. The lowest BCUT2D eigenvalue weighted by Crippen LogP contribution is -2.28. The zero-order chi connectivity index (χ0) is 9.80. The molecule has 0 aromatic carbocycles. The Morgan fingerprint density at radius 1 is 1.50 bits per heavy atom. The molecule has 4 heteroatoms. The largest absolute Gasteiger partial charge is 0.361 e. The highest BCUT2D eigenvalue weighted by Gasteiger charge is 2.19. The molecule has 1 aromatic heterocycles. The highest BCUT2D eigenvalue weighted by Crippen LogP contribution is 2.17. The molecule has 1 heterocycles.